The standard InChI is InChI=1S/C14H25N3O2S2/c1-15-10-12-6-7-13(20-12)21(18,19)17(4)11-14(16(2)3)8-5-9-14/h6-7,15H,5,8-11H2,1-4H3. The first kappa shape index (κ1) is 16.9. The average Bonchev–Trinajstić information content (AvgIpc) is 2.82. The van der Waals surface area contributed by atoms with Gasteiger partial charge in [0.25, 0.3) is 10.0 Å². The van der Waals surface area contributed by atoms with Crippen LogP contribution in [0, 0.1) is 0 Å². The molecule has 1 aromatic heterocycles. The van der Waals surface area contributed by atoms with Crippen LogP contribution in [0.1, 0.15) is 24.1 Å². The first-order valence-electron chi connectivity index (χ1n) is 7.19. The summed E-state index contributed by atoms with van der Waals surface area (Å²) in [7, 11) is 4.24. The van der Waals surface area contributed by atoms with Crippen molar-refractivity contribution in [2.45, 2.75) is 35.6 Å². The molecular formula is C14H25N3O2S2. The highest BCUT2D eigenvalue weighted by Crippen LogP contribution is 2.38. The van der Waals surface area contributed by atoms with Crippen LogP contribution in [0.2, 0.25) is 0 Å². The normalized spacial score (nSPS) is 18.2. The highest BCUT2D eigenvalue weighted by molar-refractivity contribution is 7.91. The molecule has 2 rings (SSSR count). The fraction of sp³-hybridized carbons (Fsp3) is 0.714. The lowest BCUT2D eigenvalue weighted by molar-refractivity contribution is 0.0455. The smallest absolute Gasteiger partial charge is 0.252 e. The monoisotopic (exact) mass is 331 g/mol. The van der Waals surface area contributed by atoms with E-state index in [2.05, 4.69) is 10.2 Å². The minimum absolute atomic E-state index is 0.00683. The summed E-state index contributed by atoms with van der Waals surface area (Å²) < 4.78 is 27.3. The van der Waals surface area contributed by atoms with Gasteiger partial charge >= 0.3 is 0 Å². The molecule has 7 heteroatoms. The molecule has 21 heavy (non-hydrogen) atoms. The van der Waals surface area contributed by atoms with E-state index in [1.165, 1.54) is 22.1 Å². The van der Waals surface area contributed by atoms with Crippen molar-refractivity contribution < 1.29 is 8.42 Å². The van der Waals surface area contributed by atoms with Gasteiger partial charge in [-0.15, -0.1) is 11.3 Å². The number of hydrogen-bond acceptors (Lipinski definition) is 5. The van der Waals surface area contributed by atoms with Gasteiger partial charge in [-0.2, -0.15) is 4.31 Å². The highest BCUT2D eigenvalue weighted by atomic mass is 32.2. The van der Waals surface area contributed by atoms with E-state index >= 15 is 0 Å². The topological polar surface area (TPSA) is 52.7 Å². The lowest BCUT2D eigenvalue weighted by Crippen LogP contribution is -2.57. The molecule has 0 radical (unpaired) electrons. The minimum Gasteiger partial charge on any atom is -0.315 e. The highest BCUT2D eigenvalue weighted by Gasteiger charge is 2.42. The molecule has 1 fully saturated rings. The number of hydrogen-bond donors (Lipinski definition) is 1. The van der Waals surface area contributed by atoms with Gasteiger partial charge in [0.1, 0.15) is 4.21 Å². The van der Waals surface area contributed by atoms with Crippen LogP contribution in [0.4, 0.5) is 0 Å². The molecule has 1 aromatic rings. The van der Waals surface area contributed by atoms with Crippen molar-refractivity contribution in [3.8, 4) is 0 Å². The molecule has 1 N–H and O–H groups in total. The molecular weight excluding hydrogens is 306 g/mol. The van der Waals surface area contributed by atoms with Crippen LogP contribution >= 0.6 is 11.3 Å². The summed E-state index contributed by atoms with van der Waals surface area (Å²) in [6, 6.07) is 3.60. The lowest BCUT2D eigenvalue weighted by Gasteiger charge is -2.48. The van der Waals surface area contributed by atoms with Crippen molar-refractivity contribution in [3.63, 3.8) is 0 Å². The molecule has 0 unspecified atom stereocenters. The molecule has 1 aliphatic rings. The van der Waals surface area contributed by atoms with Crippen molar-refractivity contribution in [3.05, 3.63) is 17.0 Å². The molecule has 0 bridgehead atoms. The van der Waals surface area contributed by atoms with Crippen LogP contribution in [0.25, 0.3) is 0 Å². The van der Waals surface area contributed by atoms with Gasteiger partial charge < -0.3 is 10.2 Å². The second-order valence-corrected chi connectivity index (χ2v) is 9.42. The summed E-state index contributed by atoms with van der Waals surface area (Å²) in [5, 5.41) is 3.04. The zero-order valence-electron chi connectivity index (χ0n) is 13.2. The molecule has 0 atom stereocenters. The Bertz CT molecular complexity index is 577. The second-order valence-electron chi connectivity index (χ2n) is 5.98. The third-order valence-corrected chi connectivity index (χ3v) is 7.76. The van der Waals surface area contributed by atoms with Crippen molar-refractivity contribution in [1.29, 1.82) is 0 Å². The Balaban J connectivity index is 2.14. The van der Waals surface area contributed by atoms with Crippen LogP contribution in [-0.2, 0) is 16.6 Å². The minimum atomic E-state index is -3.38. The molecule has 0 aliphatic heterocycles. The third-order valence-electron chi connectivity index (χ3n) is 4.40. The Labute approximate surface area is 132 Å². The molecule has 0 saturated heterocycles. The molecule has 120 valence electrons. The number of nitrogens with zero attached hydrogens (tertiary/aromatic N) is 2. The van der Waals surface area contributed by atoms with E-state index in [4.69, 9.17) is 0 Å². The number of rotatable bonds is 7. The Kier molecular flexibility index (Phi) is 5.10. The fourth-order valence-electron chi connectivity index (χ4n) is 2.75. The van der Waals surface area contributed by atoms with E-state index in [1.54, 1.807) is 13.1 Å². The fourth-order valence-corrected chi connectivity index (χ4v) is 5.58. The zero-order valence-corrected chi connectivity index (χ0v) is 14.9. The van der Waals surface area contributed by atoms with E-state index < -0.39 is 10.0 Å². The predicted octanol–water partition coefficient (Wildman–Crippen LogP) is 1.57. The number of likely N-dealkylation sites (N-methyl/N-ethyl adjacent to an activating group) is 2. The van der Waals surface area contributed by atoms with Crippen molar-refractivity contribution in [2.75, 3.05) is 34.7 Å². The van der Waals surface area contributed by atoms with Gasteiger partial charge in [-0.1, -0.05) is 0 Å². The summed E-state index contributed by atoms with van der Waals surface area (Å²) in [6.45, 7) is 1.26. The molecule has 1 heterocycles. The van der Waals surface area contributed by atoms with Gasteiger partial charge in [0.2, 0.25) is 0 Å². The maximum absolute atomic E-state index is 12.7. The first-order chi connectivity index (χ1) is 9.82. The van der Waals surface area contributed by atoms with Gasteiger partial charge in [0, 0.05) is 30.6 Å². The zero-order chi connectivity index (χ0) is 15.7. The third kappa shape index (κ3) is 3.32. The lowest BCUT2D eigenvalue weighted by atomic mass is 9.75. The van der Waals surface area contributed by atoms with Gasteiger partial charge in [-0.25, -0.2) is 8.42 Å². The van der Waals surface area contributed by atoms with Crippen LogP contribution < -0.4 is 5.32 Å². The molecule has 1 aliphatic carbocycles. The van der Waals surface area contributed by atoms with Gasteiger partial charge in [0.15, 0.2) is 0 Å². The predicted molar refractivity (Wildman–Crippen MR) is 87.2 cm³/mol. The Morgan fingerprint density at radius 3 is 2.43 bits per heavy atom. The Morgan fingerprint density at radius 2 is 1.95 bits per heavy atom. The molecule has 0 spiro atoms. The van der Waals surface area contributed by atoms with E-state index in [9.17, 15) is 8.42 Å². The Hall–Kier alpha value is -0.470. The first-order valence-corrected chi connectivity index (χ1v) is 9.44. The van der Waals surface area contributed by atoms with Crippen LogP contribution in [0.3, 0.4) is 0 Å². The molecule has 1 saturated carbocycles. The van der Waals surface area contributed by atoms with Gasteiger partial charge in [-0.3, -0.25) is 0 Å². The Morgan fingerprint density at radius 1 is 1.29 bits per heavy atom. The molecule has 5 nitrogen and oxygen atoms in total. The van der Waals surface area contributed by atoms with E-state index in [1.807, 2.05) is 27.2 Å². The van der Waals surface area contributed by atoms with Gasteiger partial charge in [0.05, 0.1) is 0 Å². The average molecular weight is 332 g/mol. The largest absolute Gasteiger partial charge is 0.315 e. The van der Waals surface area contributed by atoms with Crippen LogP contribution in [-0.4, -0.2) is 57.9 Å². The molecule has 0 amide bonds. The SMILES string of the molecule is CNCc1ccc(S(=O)(=O)N(C)CC2(N(C)C)CCC2)s1. The van der Waals surface area contributed by atoms with Crippen molar-refractivity contribution >= 4 is 21.4 Å². The number of nitrogens with one attached hydrogen (secondary N) is 1. The van der Waals surface area contributed by atoms with Gasteiger partial charge in [-0.05, 0) is 52.5 Å². The maximum atomic E-state index is 12.7. The summed E-state index contributed by atoms with van der Waals surface area (Å²) in [5.74, 6) is 0. The van der Waals surface area contributed by atoms with E-state index in [-0.39, 0.29) is 5.54 Å². The summed E-state index contributed by atoms with van der Waals surface area (Å²) in [4.78, 5) is 3.21. The maximum Gasteiger partial charge on any atom is 0.252 e. The van der Waals surface area contributed by atoms with E-state index in [0.717, 1.165) is 17.7 Å². The van der Waals surface area contributed by atoms with Crippen molar-refractivity contribution in [2.24, 2.45) is 0 Å². The van der Waals surface area contributed by atoms with Crippen LogP contribution in [0.5, 0.6) is 0 Å². The summed E-state index contributed by atoms with van der Waals surface area (Å²) in [5.41, 5.74) is 0.00683. The quantitative estimate of drug-likeness (QED) is 0.824. The van der Waals surface area contributed by atoms with Crippen molar-refractivity contribution in [1.82, 2.24) is 14.5 Å². The van der Waals surface area contributed by atoms with E-state index in [0.29, 0.717) is 17.3 Å². The molecule has 0 aromatic carbocycles. The number of sulfonamides is 1. The number of thiophene rings is 1. The second kappa shape index (κ2) is 6.34. The van der Waals surface area contributed by atoms with Crippen LogP contribution in [0.15, 0.2) is 16.3 Å². The summed E-state index contributed by atoms with van der Waals surface area (Å²) >= 11 is 1.35. The summed E-state index contributed by atoms with van der Waals surface area (Å²) in [6.07, 6.45) is 3.31.